The highest BCUT2D eigenvalue weighted by Gasteiger charge is 2.26. The van der Waals surface area contributed by atoms with Gasteiger partial charge in [0, 0.05) is 6.04 Å². The Morgan fingerprint density at radius 2 is 2.14 bits per heavy atom. The van der Waals surface area contributed by atoms with Crippen molar-refractivity contribution in [2.24, 2.45) is 17.1 Å². The SMILES string of the molecule is CC(C)CCC1=CC(N)CC(C)(C)C1. The molecule has 0 spiro atoms. The van der Waals surface area contributed by atoms with E-state index >= 15 is 0 Å². The first-order valence-electron chi connectivity index (χ1n) is 5.84. The van der Waals surface area contributed by atoms with Crippen molar-refractivity contribution < 1.29 is 0 Å². The Bertz CT molecular complexity index is 213. The van der Waals surface area contributed by atoms with E-state index in [1.807, 2.05) is 0 Å². The highest BCUT2D eigenvalue weighted by Crippen LogP contribution is 2.36. The van der Waals surface area contributed by atoms with Crippen LogP contribution in [0.2, 0.25) is 0 Å². The van der Waals surface area contributed by atoms with Crippen LogP contribution in [0, 0.1) is 11.3 Å². The lowest BCUT2D eigenvalue weighted by Gasteiger charge is -2.33. The maximum Gasteiger partial charge on any atom is 0.0231 e. The van der Waals surface area contributed by atoms with Crippen LogP contribution in [0.3, 0.4) is 0 Å². The molecule has 1 rings (SSSR count). The lowest BCUT2D eigenvalue weighted by molar-refractivity contribution is 0.296. The summed E-state index contributed by atoms with van der Waals surface area (Å²) in [5, 5.41) is 0. The zero-order valence-electron chi connectivity index (χ0n) is 10.1. The van der Waals surface area contributed by atoms with Crippen LogP contribution in [0.4, 0.5) is 0 Å². The van der Waals surface area contributed by atoms with Gasteiger partial charge in [-0.15, -0.1) is 0 Å². The quantitative estimate of drug-likeness (QED) is 0.685. The van der Waals surface area contributed by atoms with E-state index < -0.39 is 0 Å². The molecule has 0 amide bonds. The fourth-order valence-electron chi connectivity index (χ4n) is 2.39. The van der Waals surface area contributed by atoms with E-state index in [9.17, 15) is 0 Å². The molecule has 1 heteroatoms. The normalized spacial score (nSPS) is 26.4. The van der Waals surface area contributed by atoms with Crippen LogP contribution in [0.25, 0.3) is 0 Å². The van der Waals surface area contributed by atoms with Gasteiger partial charge >= 0.3 is 0 Å². The molecule has 1 unspecified atom stereocenters. The number of allylic oxidation sites excluding steroid dienone is 1. The van der Waals surface area contributed by atoms with Gasteiger partial charge in [0.1, 0.15) is 0 Å². The molecule has 82 valence electrons. The van der Waals surface area contributed by atoms with E-state index in [0.29, 0.717) is 11.5 Å². The smallest absolute Gasteiger partial charge is 0.0231 e. The Labute approximate surface area is 88.8 Å². The van der Waals surface area contributed by atoms with E-state index in [-0.39, 0.29) is 0 Å². The summed E-state index contributed by atoms with van der Waals surface area (Å²) in [6, 6.07) is 0.293. The number of hydrogen-bond acceptors (Lipinski definition) is 1. The standard InChI is InChI=1S/C13H25N/c1-10(2)5-6-11-7-12(14)9-13(3,4)8-11/h7,10,12H,5-6,8-9,14H2,1-4H3. The molecular formula is C13H25N. The van der Waals surface area contributed by atoms with Crippen molar-refractivity contribution in [1.82, 2.24) is 0 Å². The molecular weight excluding hydrogens is 170 g/mol. The Hall–Kier alpha value is -0.300. The molecule has 0 saturated heterocycles. The average molecular weight is 195 g/mol. The number of nitrogens with two attached hydrogens (primary N) is 1. The number of hydrogen-bond donors (Lipinski definition) is 1. The molecule has 1 nitrogen and oxygen atoms in total. The third-order valence-electron chi connectivity index (χ3n) is 2.99. The monoisotopic (exact) mass is 195 g/mol. The zero-order chi connectivity index (χ0) is 10.8. The third-order valence-corrected chi connectivity index (χ3v) is 2.99. The lowest BCUT2D eigenvalue weighted by Crippen LogP contribution is -2.31. The summed E-state index contributed by atoms with van der Waals surface area (Å²) < 4.78 is 0. The highest BCUT2D eigenvalue weighted by molar-refractivity contribution is 5.14. The van der Waals surface area contributed by atoms with Crippen molar-refractivity contribution in [2.75, 3.05) is 0 Å². The van der Waals surface area contributed by atoms with Gasteiger partial charge in [-0.25, -0.2) is 0 Å². The first-order valence-corrected chi connectivity index (χ1v) is 5.84. The van der Waals surface area contributed by atoms with Crippen molar-refractivity contribution in [2.45, 2.75) is 59.4 Å². The summed E-state index contributed by atoms with van der Waals surface area (Å²) in [6.45, 7) is 9.23. The van der Waals surface area contributed by atoms with E-state index in [1.165, 1.54) is 19.3 Å². The van der Waals surface area contributed by atoms with Gasteiger partial charge in [-0.05, 0) is 37.0 Å². The average Bonchev–Trinajstić information content (AvgIpc) is 1.96. The molecule has 0 radical (unpaired) electrons. The molecule has 0 aromatic rings. The van der Waals surface area contributed by atoms with Crippen LogP contribution >= 0.6 is 0 Å². The summed E-state index contributed by atoms with van der Waals surface area (Å²) in [5.41, 5.74) is 8.03. The Balaban J connectivity index is 2.52. The Morgan fingerprint density at radius 1 is 1.50 bits per heavy atom. The van der Waals surface area contributed by atoms with Gasteiger partial charge in [0.2, 0.25) is 0 Å². The second-order valence-corrected chi connectivity index (χ2v) is 5.97. The molecule has 0 heterocycles. The highest BCUT2D eigenvalue weighted by atomic mass is 14.6. The second kappa shape index (κ2) is 4.48. The van der Waals surface area contributed by atoms with Gasteiger partial charge < -0.3 is 5.73 Å². The Morgan fingerprint density at radius 3 is 2.64 bits per heavy atom. The van der Waals surface area contributed by atoms with Crippen LogP contribution in [0.1, 0.15) is 53.4 Å². The molecule has 0 aromatic carbocycles. The van der Waals surface area contributed by atoms with Crippen LogP contribution in [0.5, 0.6) is 0 Å². The molecule has 0 saturated carbocycles. The van der Waals surface area contributed by atoms with Crippen LogP contribution in [-0.4, -0.2) is 6.04 Å². The van der Waals surface area contributed by atoms with Crippen molar-refractivity contribution in [3.05, 3.63) is 11.6 Å². The summed E-state index contributed by atoms with van der Waals surface area (Å²) >= 11 is 0. The minimum absolute atomic E-state index is 0.293. The topological polar surface area (TPSA) is 26.0 Å². The van der Waals surface area contributed by atoms with Gasteiger partial charge in [-0.1, -0.05) is 39.3 Å². The molecule has 1 aliphatic carbocycles. The predicted octanol–water partition coefficient (Wildman–Crippen LogP) is 3.50. The van der Waals surface area contributed by atoms with Gasteiger partial charge in [0.15, 0.2) is 0 Å². The molecule has 0 bridgehead atoms. The largest absolute Gasteiger partial charge is 0.324 e. The van der Waals surface area contributed by atoms with Crippen LogP contribution in [0.15, 0.2) is 11.6 Å². The lowest BCUT2D eigenvalue weighted by atomic mass is 9.74. The van der Waals surface area contributed by atoms with Crippen LogP contribution < -0.4 is 5.73 Å². The molecule has 1 atom stereocenters. The van der Waals surface area contributed by atoms with Gasteiger partial charge in [-0.3, -0.25) is 0 Å². The molecule has 0 fully saturated rings. The van der Waals surface area contributed by atoms with E-state index in [2.05, 4.69) is 33.8 Å². The van der Waals surface area contributed by atoms with Gasteiger partial charge in [0.25, 0.3) is 0 Å². The molecule has 0 aromatic heterocycles. The van der Waals surface area contributed by atoms with Crippen molar-refractivity contribution in [3.8, 4) is 0 Å². The van der Waals surface area contributed by atoms with Gasteiger partial charge in [0.05, 0.1) is 0 Å². The minimum Gasteiger partial charge on any atom is -0.324 e. The molecule has 14 heavy (non-hydrogen) atoms. The maximum atomic E-state index is 6.03. The molecule has 2 N–H and O–H groups in total. The first kappa shape index (κ1) is 11.8. The fourth-order valence-corrected chi connectivity index (χ4v) is 2.39. The van der Waals surface area contributed by atoms with E-state index in [4.69, 9.17) is 5.73 Å². The fraction of sp³-hybridized carbons (Fsp3) is 0.846. The second-order valence-electron chi connectivity index (χ2n) is 5.97. The summed E-state index contributed by atoms with van der Waals surface area (Å²) in [6.07, 6.45) is 7.22. The molecule has 1 aliphatic rings. The number of rotatable bonds is 3. The summed E-state index contributed by atoms with van der Waals surface area (Å²) in [7, 11) is 0. The van der Waals surface area contributed by atoms with Crippen molar-refractivity contribution in [3.63, 3.8) is 0 Å². The minimum atomic E-state index is 0.293. The zero-order valence-corrected chi connectivity index (χ0v) is 10.1. The first-order chi connectivity index (χ1) is 6.39. The molecule has 0 aliphatic heterocycles. The van der Waals surface area contributed by atoms with Crippen molar-refractivity contribution in [1.29, 1.82) is 0 Å². The third kappa shape index (κ3) is 3.83. The predicted molar refractivity (Wildman–Crippen MR) is 63.1 cm³/mol. The van der Waals surface area contributed by atoms with Gasteiger partial charge in [-0.2, -0.15) is 0 Å². The van der Waals surface area contributed by atoms with Crippen molar-refractivity contribution >= 4 is 0 Å². The van der Waals surface area contributed by atoms with Crippen LogP contribution in [-0.2, 0) is 0 Å². The summed E-state index contributed by atoms with van der Waals surface area (Å²) in [5.74, 6) is 0.803. The Kier molecular flexibility index (Phi) is 3.77. The maximum absolute atomic E-state index is 6.03. The van der Waals surface area contributed by atoms with E-state index in [0.717, 1.165) is 12.3 Å². The summed E-state index contributed by atoms with van der Waals surface area (Å²) in [4.78, 5) is 0. The van der Waals surface area contributed by atoms with E-state index in [1.54, 1.807) is 5.57 Å².